The number of aliphatic hydroxyl groups excluding tert-OH is 1. The van der Waals surface area contributed by atoms with E-state index in [9.17, 15) is 9.59 Å². The molecule has 0 radical (unpaired) electrons. The molecule has 1 atom stereocenters. The number of hydrogen-bond acceptors (Lipinski definition) is 3. The van der Waals surface area contributed by atoms with Gasteiger partial charge in [-0.2, -0.15) is 0 Å². The van der Waals surface area contributed by atoms with Gasteiger partial charge in [-0.1, -0.05) is 6.92 Å². The molecule has 1 unspecified atom stereocenters. The largest absolute Gasteiger partial charge is 0.393 e. The van der Waals surface area contributed by atoms with Gasteiger partial charge in [0.25, 0.3) is 0 Å². The van der Waals surface area contributed by atoms with Gasteiger partial charge < -0.3 is 5.11 Å². The lowest BCUT2D eigenvalue weighted by Gasteiger charge is -2.37. The fraction of sp³-hybridized carbons (Fsp3) is 0.778. The third kappa shape index (κ3) is 1.25. The molecule has 1 saturated heterocycles. The Morgan fingerprint density at radius 1 is 1.38 bits per heavy atom. The summed E-state index contributed by atoms with van der Waals surface area (Å²) in [6.45, 7) is 1.77. The highest BCUT2D eigenvalue weighted by atomic mass is 16.3. The lowest BCUT2D eigenvalue weighted by Crippen LogP contribution is -2.49. The van der Waals surface area contributed by atoms with Gasteiger partial charge in [0.1, 0.15) is 0 Å². The number of aliphatic hydroxyl groups is 1. The molecule has 4 heteroatoms. The van der Waals surface area contributed by atoms with E-state index in [0.29, 0.717) is 19.3 Å². The molecule has 2 fully saturated rings. The molecular weight excluding hydrogens is 170 g/mol. The summed E-state index contributed by atoms with van der Waals surface area (Å²) in [5.74, 6) is -0.304. The minimum Gasteiger partial charge on any atom is -0.393 e. The first-order valence-electron chi connectivity index (χ1n) is 4.63. The van der Waals surface area contributed by atoms with E-state index in [1.807, 2.05) is 0 Å². The van der Waals surface area contributed by atoms with Crippen LogP contribution >= 0.6 is 0 Å². The number of nitrogens with zero attached hydrogens (tertiary/aromatic N) is 1. The van der Waals surface area contributed by atoms with Crippen molar-refractivity contribution in [2.24, 2.45) is 5.92 Å². The van der Waals surface area contributed by atoms with E-state index in [0.717, 1.165) is 0 Å². The number of likely N-dealkylation sites (tertiary alicyclic amines) is 1. The fourth-order valence-corrected chi connectivity index (χ4v) is 1.96. The summed E-state index contributed by atoms with van der Waals surface area (Å²) >= 11 is 0. The molecule has 1 saturated carbocycles. The highest BCUT2D eigenvalue weighted by molar-refractivity contribution is 6.03. The second-order valence-corrected chi connectivity index (χ2v) is 3.99. The Labute approximate surface area is 76.5 Å². The van der Waals surface area contributed by atoms with E-state index in [-0.39, 0.29) is 29.9 Å². The lowest BCUT2D eigenvalue weighted by molar-refractivity contribution is -0.146. The van der Waals surface area contributed by atoms with Crippen molar-refractivity contribution in [2.75, 3.05) is 0 Å². The summed E-state index contributed by atoms with van der Waals surface area (Å²) in [5, 5.41) is 9.07. The van der Waals surface area contributed by atoms with Gasteiger partial charge in [-0.25, -0.2) is 0 Å². The molecule has 2 amide bonds. The van der Waals surface area contributed by atoms with Crippen molar-refractivity contribution in [2.45, 2.75) is 38.3 Å². The summed E-state index contributed by atoms with van der Waals surface area (Å²) < 4.78 is 0. The predicted molar refractivity (Wildman–Crippen MR) is 44.7 cm³/mol. The molecule has 0 aromatic rings. The van der Waals surface area contributed by atoms with Crippen LogP contribution in [0.4, 0.5) is 0 Å². The van der Waals surface area contributed by atoms with E-state index in [1.165, 1.54) is 4.90 Å². The smallest absolute Gasteiger partial charge is 0.232 e. The topological polar surface area (TPSA) is 57.6 Å². The number of imide groups is 1. The normalized spacial score (nSPS) is 39.5. The zero-order valence-electron chi connectivity index (χ0n) is 7.56. The van der Waals surface area contributed by atoms with Crippen LogP contribution in [-0.4, -0.2) is 34.0 Å². The average molecular weight is 183 g/mol. The van der Waals surface area contributed by atoms with Crippen molar-refractivity contribution in [3.63, 3.8) is 0 Å². The van der Waals surface area contributed by atoms with Crippen LogP contribution in [0.5, 0.6) is 0 Å². The summed E-state index contributed by atoms with van der Waals surface area (Å²) in [4.78, 5) is 24.2. The van der Waals surface area contributed by atoms with Crippen molar-refractivity contribution >= 4 is 11.8 Å². The first-order valence-corrected chi connectivity index (χ1v) is 4.63. The maximum atomic E-state index is 11.5. The van der Waals surface area contributed by atoms with Crippen molar-refractivity contribution in [1.82, 2.24) is 4.90 Å². The minimum atomic E-state index is -0.318. The number of rotatable bonds is 1. The highest BCUT2D eigenvalue weighted by Crippen LogP contribution is 2.31. The zero-order chi connectivity index (χ0) is 9.59. The second-order valence-electron chi connectivity index (χ2n) is 3.99. The molecular formula is C9H13NO3. The summed E-state index contributed by atoms with van der Waals surface area (Å²) in [5.41, 5.74) is 0. The third-order valence-corrected chi connectivity index (χ3v) is 2.86. The quantitative estimate of drug-likeness (QED) is 0.578. The standard InChI is InChI=1S/C9H13NO3/c1-5-2-8(12)10(9(5)13)6-3-7(11)4-6/h5-7,11H,2-4H2,1H3. The van der Waals surface area contributed by atoms with Crippen LogP contribution in [0.2, 0.25) is 0 Å². The summed E-state index contributed by atoms with van der Waals surface area (Å²) in [6, 6.07) is -0.0278. The van der Waals surface area contributed by atoms with Crippen LogP contribution in [0.15, 0.2) is 0 Å². The fourth-order valence-electron chi connectivity index (χ4n) is 1.96. The molecule has 72 valence electrons. The molecule has 0 bridgehead atoms. The molecule has 0 spiro atoms. The van der Waals surface area contributed by atoms with Gasteiger partial charge in [0.2, 0.25) is 11.8 Å². The van der Waals surface area contributed by atoms with E-state index >= 15 is 0 Å². The van der Waals surface area contributed by atoms with Crippen LogP contribution in [0.3, 0.4) is 0 Å². The van der Waals surface area contributed by atoms with Crippen LogP contribution in [-0.2, 0) is 9.59 Å². The molecule has 0 aromatic carbocycles. The SMILES string of the molecule is CC1CC(=O)N(C2CC(O)C2)C1=O. The van der Waals surface area contributed by atoms with E-state index in [1.54, 1.807) is 6.92 Å². The van der Waals surface area contributed by atoms with E-state index in [2.05, 4.69) is 0 Å². The molecule has 2 rings (SSSR count). The Kier molecular flexibility index (Phi) is 1.87. The Balaban J connectivity index is 2.06. The lowest BCUT2D eigenvalue weighted by atomic mass is 9.88. The molecule has 2 aliphatic rings. The Bertz CT molecular complexity index is 258. The summed E-state index contributed by atoms with van der Waals surface area (Å²) in [6.07, 6.45) is 1.14. The maximum Gasteiger partial charge on any atom is 0.232 e. The maximum absolute atomic E-state index is 11.5. The van der Waals surface area contributed by atoms with Gasteiger partial charge in [0, 0.05) is 18.4 Å². The van der Waals surface area contributed by atoms with Crippen molar-refractivity contribution in [3.05, 3.63) is 0 Å². The first kappa shape index (κ1) is 8.69. The summed E-state index contributed by atoms with van der Waals surface area (Å²) in [7, 11) is 0. The van der Waals surface area contributed by atoms with Gasteiger partial charge >= 0.3 is 0 Å². The third-order valence-electron chi connectivity index (χ3n) is 2.86. The number of hydrogen-bond donors (Lipinski definition) is 1. The average Bonchev–Trinajstić information content (AvgIpc) is 2.22. The number of amides is 2. The zero-order valence-corrected chi connectivity index (χ0v) is 7.56. The molecule has 1 N–H and O–H groups in total. The van der Waals surface area contributed by atoms with Gasteiger partial charge in [0.15, 0.2) is 0 Å². The molecule has 0 aromatic heterocycles. The molecule has 1 aliphatic heterocycles. The van der Waals surface area contributed by atoms with Crippen LogP contribution in [0.1, 0.15) is 26.2 Å². The Hall–Kier alpha value is -0.900. The minimum absolute atomic E-state index is 0.0278. The van der Waals surface area contributed by atoms with Crippen LogP contribution < -0.4 is 0 Å². The predicted octanol–water partition coefficient (Wildman–Crippen LogP) is -0.0953. The van der Waals surface area contributed by atoms with Crippen molar-refractivity contribution < 1.29 is 14.7 Å². The van der Waals surface area contributed by atoms with Gasteiger partial charge in [-0.05, 0) is 12.8 Å². The number of carbonyl (C=O) groups excluding carboxylic acids is 2. The van der Waals surface area contributed by atoms with Gasteiger partial charge in [-0.15, -0.1) is 0 Å². The van der Waals surface area contributed by atoms with Gasteiger partial charge in [-0.3, -0.25) is 14.5 Å². The van der Waals surface area contributed by atoms with Crippen LogP contribution in [0, 0.1) is 5.92 Å². The van der Waals surface area contributed by atoms with Crippen molar-refractivity contribution in [3.8, 4) is 0 Å². The Morgan fingerprint density at radius 3 is 2.38 bits per heavy atom. The second kappa shape index (κ2) is 2.80. The van der Waals surface area contributed by atoms with Gasteiger partial charge in [0.05, 0.1) is 6.10 Å². The molecule has 1 heterocycles. The van der Waals surface area contributed by atoms with E-state index < -0.39 is 0 Å². The molecule has 4 nitrogen and oxygen atoms in total. The monoisotopic (exact) mass is 183 g/mol. The highest BCUT2D eigenvalue weighted by Gasteiger charge is 2.44. The van der Waals surface area contributed by atoms with Crippen molar-refractivity contribution in [1.29, 1.82) is 0 Å². The Morgan fingerprint density at radius 2 is 2.00 bits per heavy atom. The molecule has 13 heavy (non-hydrogen) atoms. The molecule has 1 aliphatic carbocycles. The number of carbonyl (C=O) groups is 2. The van der Waals surface area contributed by atoms with Crippen LogP contribution in [0.25, 0.3) is 0 Å². The first-order chi connectivity index (χ1) is 6.09. The van der Waals surface area contributed by atoms with E-state index in [4.69, 9.17) is 5.11 Å².